The summed E-state index contributed by atoms with van der Waals surface area (Å²) in [5.41, 5.74) is 0.291. The second kappa shape index (κ2) is 5.58. The number of carbonyl (C=O) groups excluding carboxylic acids is 1. The van der Waals surface area contributed by atoms with Crippen LogP contribution in [0.1, 0.15) is 34.1 Å². The zero-order valence-corrected chi connectivity index (χ0v) is 12.5. The van der Waals surface area contributed by atoms with Crippen molar-refractivity contribution in [2.45, 2.75) is 45.3 Å². The van der Waals surface area contributed by atoms with Gasteiger partial charge in [-0.3, -0.25) is 0 Å². The van der Waals surface area contributed by atoms with Gasteiger partial charge in [0.2, 0.25) is 0 Å². The molecule has 20 heavy (non-hydrogen) atoms. The monoisotopic (exact) mass is 276 g/mol. The molecular weight excluding hydrogens is 255 g/mol. The standard InChI is InChI=1S/C15H21BO4/c1-14(2)15(3,4)20-16(19-14)12-6-8-13(9-7-12)18-11-5-10-17/h6-10H,5,11H2,1-4H3. The number of hydrogen-bond acceptors (Lipinski definition) is 4. The van der Waals surface area contributed by atoms with E-state index in [1.165, 1.54) is 0 Å². The van der Waals surface area contributed by atoms with Crippen LogP contribution in [-0.4, -0.2) is 31.2 Å². The Kier molecular flexibility index (Phi) is 4.21. The van der Waals surface area contributed by atoms with E-state index < -0.39 is 0 Å². The predicted octanol–water partition coefficient (Wildman–Crippen LogP) is 1.95. The summed E-state index contributed by atoms with van der Waals surface area (Å²) in [6.07, 6.45) is 1.25. The van der Waals surface area contributed by atoms with Crippen LogP contribution in [0.4, 0.5) is 0 Å². The molecule has 0 bridgehead atoms. The van der Waals surface area contributed by atoms with Crippen molar-refractivity contribution in [3.05, 3.63) is 24.3 Å². The van der Waals surface area contributed by atoms with Gasteiger partial charge in [-0.1, -0.05) is 12.1 Å². The van der Waals surface area contributed by atoms with E-state index in [1.807, 2.05) is 52.0 Å². The molecule has 1 heterocycles. The molecule has 4 nitrogen and oxygen atoms in total. The summed E-state index contributed by atoms with van der Waals surface area (Å²) >= 11 is 0. The van der Waals surface area contributed by atoms with Gasteiger partial charge < -0.3 is 18.8 Å². The fraction of sp³-hybridized carbons (Fsp3) is 0.533. The number of rotatable bonds is 5. The zero-order chi connectivity index (χ0) is 14.8. The van der Waals surface area contributed by atoms with Gasteiger partial charge in [0.1, 0.15) is 12.0 Å². The van der Waals surface area contributed by atoms with Crippen LogP contribution in [0.3, 0.4) is 0 Å². The van der Waals surface area contributed by atoms with Crippen LogP contribution >= 0.6 is 0 Å². The quantitative estimate of drug-likeness (QED) is 0.468. The van der Waals surface area contributed by atoms with Gasteiger partial charge in [-0.05, 0) is 45.3 Å². The van der Waals surface area contributed by atoms with Crippen molar-refractivity contribution in [1.29, 1.82) is 0 Å². The molecule has 0 unspecified atom stereocenters. The molecule has 0 saturated carbocycles. The molecule has 0 aliphatic carbocycles. The maximum Gasteiger partial charge on any atom is 0.494 e. The molecule has 1 aliphatic rings. The fourth-order valence-corrected chi connectivity index (χ4v) is 1.93. The molecule has 1 aliphatic heterocycles. The normalized spacial score (nSPS) is 19.9. The number of benzene rings is 1. The summed E-state index contributed by atoms with van der Waals surface area (Å²) in [5.74, 6) is 0.743. The SMILES string of the molecule is CC1(C)OB(c2ccc(OCCC=O)cc2)OC1(C)C. The van der Waals surface area contributed by atoms with E-state index in [0.29, 0.717) is 13.0 Å². The minimum absolute atomic E-state index is 0.337. The Hall–Kier alpha value is -1.33. The van der Waals surface area contributed by atoms with Gasteiger partial charge in [0, 0.05) is 6.42 Å². The molecule has 1 aromatic carbocycles. The molecule has 0 amide bonds. The van der Waals surface area contributed by atoms with Crippen LogP contribution in [0.15, 0.2) is 24.3 Å². The number of aldehydes is 1. The van der Waals surface area contributed by atoms with Gasteiger partial charge in [-0.25, -0.2) is 0 Å². The lowest BCUT2D eigenvalue weighted by atomic mass is 9.79. The van der Waals surface area contributed by atoms with E-state index in [1.54, 1.807) is 0 Å². The van der Waals surface area contributed by atoms with E-state index in [9.17, 15) is 4.79 Å². The van der Waals surface area contributed by atoms with Crippen molar-refractivity contribution >= 4 is 18.9 Å². The Morgan fingerprint density at radius 3 is 2.15 bits per heavy atom. The molecule has 5 heteroatoms. The lowest BCUT2D eigenvalue weighted by molar-refractivity contribution is -0.108. The smallest absolute Gasteiger partial charge is 0.493 e. The first-order valence-electron chi connectivity index (χ1n) is 6.88. The van der Waals surface area contributed by atoms with Crippen LogP contribution in [-0.2, 0) is 14.1 Å². The maximum atomic E-state index is 10.2. The van der Waals surface area contributed by atoms with Crippen LogP contribution < -0.4 is 10.2 Å². The van der Waals surface area contributed by atoms with Crippen molar-refractivity contribution in [2.24, 2.45) is 0 Å². The van der Waals surface area contributed by atoms with Crippen LogP contribution in [0.2, 0.25) is 0 Å². The summed E-state index contributed by atoms with van der Waals surface area (Å²) in [6.45, 7) is 8.53. The summed E-state index contributed by atoms with van der Waals surface area (Å²) in [6, 6.07) is 7.59. The maximum absolute atomic E-state index is 10.2. The number of carbonyl (C=O) groups is 1. The van der Waals surface area contributed by atoms with E-state index in [0.717, 1.165) is 17.5 Å². The Balaban J connectivity index is 2.03. The lowest BCUT2D eigenvalue weighted by Crippen LogP contribution is -2.41. The van der Waals surface area contributed by atoms with Gasteiger partial charge in [-0.15, -0.1) is 0 Å². The third-order valence-electron chi connectivity index (χ3n) is 3.91. The highest BCUT2D eigenvalue weighted by atomic mass is 16.7. The zero-order valence-electron chi connectivity index (χ0n) is 12.5. The van der Waals surface area contributed by atoms with Gasteiger partial charge in [0.25, 0.3) is 0 Å². The Morgan fingerprint density at radius 2 is 1.65 bits per heavy atom. The summed E-state index contributed by atoms with van der Waals surface area (Å²) < 4.78 is 17.4. The van der Waals surface area contributed by atoms with Crippen LogP contribution in [0.25, 0.3) is 0 Å². The Morgan fingerprint density at radius 1 is 1.10 bits per heavy atom. The topological polar surface area (TPSA) is 44.8 Å². The molecule has 0 atom stereocenters. The van der Waals surface area contributed by atoms with Crippen LogP contribution in [0.5, 0.6) is 5.75 Å². The molecule has 1 aromatic rings. The van der Waals surface area contributed by atoms with Crippen molar-refractivity contribution in [3.8, 4) is 5.75 Å². The molecule has 0 aromatic heterocycles. The highest BCUT2D eigenvalue weighted by molar-refractivity contribution is 6.62. The van der Waals surface area contributed by atoms with E-state index in [-0.39, 0.29) is 18.3 Å². The van der Waals surface area contributed by atoms with Gasteiger partial charge in [0.05, 0.1) is 17.8 Å². The minimum Gasteiger partial charge on any atom is -0.493 e. The molecule has 1 fully saturated rings. The highest BCUT2D eigenvalue weighted by Gasteiger charge is 2.51. The van der Waals surface area contributed by atoms with Crippen molar-refractivity contribution in [3.63, 3.8) is 0 Å². The molecule has 108 valence electrons. The lowest BCUT2D eigenvalue weighted by Gasteiger charge is -2.32. The van der Waals surface area contributed by atoms with Crippen molar-refractivity contribution in [1.82, 2.24) is 0 Å². The molecule has 0 spiro atoms. The van der Waals surface area contributed by atoms with Crippen LogP contribution in [0, 0.1) is 0 Å². The van der Waals surface area contributed by atoms with E-state index >= 15 is 0 Å². The van der Waals surface area contributed by atoms with Crippen molar-refractivity contribution < 1.29 is 18.8 Å². The fourth-order valence-electron chi connectivity index (χ4n) is 1.93. The average Bonchev–Trinajstić information content (AvgIpc) is 2.60. The average molecular weight is 276 g/mol. The van der Waals surface area contributed by atoms with E-state index in [2.05, 4.69) is 0 Å². The number of hydrogen-bond donors (Lipinski definition) is 0. The van der Waals surface area contributed by atoms with Crippen molar-refractivity contribution in [2.75, 3.05) is 6.61 Å². The molecule has 2 rings (SSSR count). The molecule has 0 radical (unpaired) electrons. The Labute approximate surface area is 120 Å². The summed E-state index contributed by atoms with van der Waals surface area (Å²) in [7, 11) is -0.357. The summed E-state index contributed by atoms with van der Waals surface area (Å²) in [4.78, 5) is 10.2. The second-order valence-corrected chi connectivity index (χ2v) is 5.96. The molecule has 1 saturated heterocycles. The Bertz CT molecular complexity index is 451. The molecular formula is C15H21BO4. The largest absolute Gasteiger partial charge is 0.494 e. The first-order valence-corrected chi connectivity index (χ1v) is 6.88. The van der Waals surface area contributed by atoms with E-state index in [4.69, 9.17) is 14.0 Å². The minimum atomic E-state index is -0.357. The number of ether oxygens (including phenoxy) is 1. The third-order valence-corrected chi connectivity index (χ3v) is 3.91. The van der Waals surface area contributed by atoms with Gasteiger partial charge >= 0.3 is 7.12 Å². The highest BCUT2D eigenvalue weighted by Crippen LogP contribution is 2.36. The third kappa shape index (κ3) is 3.05. The first kappa shape index (κ1) is 15.1. The first-order chi connectivity index (χ1) is 9.36. The molecule has 0 N–H and O–H groups in total. The van der Waals surface area contributed by atoms with Gasteiger partial charge in [-0.2, -0.15) is 0 Å². The summed E-state index contributed by atoms with van der Waals surface area (Å²) in [5, 5.41) is 0. The second-order valence-electron chi connectivity index (χ2n) is 5.96. The predicted molar refractivity (Wildman–Crippen MR) is 78.3 cm³/mol. The van der Waals surface area contributed by atoms with Gasteiger partial charge in [0.15, 0.2) is 0 Å².